The summed E-state index contributed by atoms with van der Waals surface area (Å²) in [5, 5.41) is 11.0. The van der Waals surface area contributed by atoms with Crippen molar-refractivity contribution in [1.29, 1.82) is 0 Å². The van der Waals surface area contributed by atoms with Gasteiger partial charge in [-0.05, 0) is 30.5 Å². The number of carbonyl (C=O) groups is 1. The fraction of sp³-hybridized carbons (Fsp3) is 0.375. The van der Waals surface area contributed by atoms with Crippen LogP contribution in [0.15, 0.2) is 39.7 Å². The molecule has 0 aromatic carbocycles. The molecule has 0 saturated carbocycles. The van der Waals surface area contributed by atoms with Crippen molar-refractivity contribution in [1.82, 2.24) is 9.47 Å². The normalized spacial score (nSPS) is 22.1. The number of likely N-dealkylation sites (tertiary alicyclic amines) is 1. The zero-order valence-corrected chi connectivity index (χ0v) is 12.8. The van der Waals surface area contributed by atoms with Crippen molar-refractivity contribution in [2.24, 2.45) is 5.92 Å². The van der Waals surface area contributed by atoms with Gasteiger partial charge in [-0.25, -0.2) is 0 Å². The van der Waals surface area contributed by atoms with Crippen molar-refractivity contribution < 1.29 is 14.1 Å². The number of nitrogens with zero attached hydrogens (tertiary/aromatic N) is 3. The van der Waals surface area contributed by atoms with Crippen molar-refractivity contribution in [2.75, 3.05) is 13.1 Å². The molecular formula is C16H15N3O5. The zero-order chi connectivity index (χ0) is 16.8. The van der Waals surface area contributed by atoms with E-state index in [0.717, 1.165) is 12.1 Å². The molecule has 2 aromatic heterocycles. The number of piperidine rings is 1. The largest absolute Gasteiger partial charge is 0.459 e. The first-order chi connectivity index (χ1) is 11.5. The van der Waals surface area contributed by atoms with Crippen LogP contribution in [0.25, 0.3) is 0 Å². The van der Waals surface area contributed by atoms with E-state index in [1.165, 1.54) is 16.9 Å². The molecule has 8 heteroatoms. The van der Waals surface area contributed by atoms with Crippen molar-refractivity contribution in [3.8, 4) is 0 Å². The van der Waals surface area contributed by atoms with Crippen LogP contribution >= 0.6 is 0 Å². The Morgan fingerprint density at radius 1 is 1.25 bits per heavy atom. The summed E-state index contributed by atoms with van der Waals surface area (Å²) >= 11 is 0. The van der Waals surface area contributed by atoms with E-state index in [1.54, 1.807) is 23.1 Å². The van der Waals surface area contributed by atoms with E-state index in [2.05, 4.69) is 0 Å². The van der Waals surface area contributed by atoms with Crippen molar-refractivity contribution in [3.63, 3.8) is 0 Å². The van der Waals surface area contributed by atoms with E-state index in [9.17, 15) is 19.7 Å². The predicted octanol–water partition coefficient (Wildman–Crippen LogP) is 1.61. The number of furan rings is 1. The number of carbonyl (C=O) groups excluding carboxylic acids is 1. The molecule has 2 aliphatic rings. The van der Waals surface area contributed by atoms with E-state index in [-0.39, 0.29) is 17.7 Å². The SMILES string of the molecule is O=C(c1ccco1)N1C[C@H]2C[C@@H](C1)c1ccc([N+](=O)[O-])c(=O)n1C2. The number of pyridine rings is 1. The van der Waals surface area contributed by atoms with E-state index in [0.29, 0.717) is 25.4 Å². The first kappa shape index (κ1) is 14.7. The van der Waals surface area contributed by atoms with Crippen LogP contribution in [0.3, 0.4) is 0 Å². The lowest BCUT2D eigenvalue weighted by Gasteiger charge is -2.42. The third-order valence-electron chi connectivity index (χ3n) is 4.80. The molecule has 2 aromatic rings. The number of hydrogen-bond donors (Lipinski definition) is 0. The van der Waals surface area contributed by atoms with E-state index in [4.69, 9.17) is 4.42 Å². The minimum atomic E-state index is -0.646. The second-order valence-electron chi connectivity index (χ2n) is 6.30. The maximum atomic E-state index is 12.5. The smallest absolute Gasteiger partial charge is 0.334 e. The lowest BCUT2D eigenvalue weighted by atomic mass is 9.83. The molecule has 24 heavy (non-hydrogen) atoms. The summed E-state index contributed by atoms with van der Waals surface area (Å²) in [6.45, 7) is 1.40. The summed E-state index contributed by atoms with van der Waals surface area (Å²) in [5.41, 5.74) is -0.195. The number of aromatic nitrogens is 1. The molecule has 0 unspecified atom stereocenters. The molecule has 124 valence electrons. The summed E-state index contributed by atoms with van der Waals surface area (Å²) < 4.78 is 6.69. The topological polar surface area (TPSA) is 98.6 Å². The summed E-state index contributed by atoms with van der Waals surface area (Å²) in [4.78, 5) is 36.9. The molecule has 0 N–H and O–H groups in total. The predicted molar refractivity (Wildman–Crippen MR) is 82.8 cm³/mol. The highest BCUT2D eigenvalue weighted by Crippen LogP contribution is 2.36. The molecule has 2 aliphatic heterocycles. The van der Waals surface area contributed by atoms with Crippen LogP contribution in [0.5, 0.6) is 0 Å². The van der Waals surface area contributed by atoms with Gasteiger partial charge in [-0.15, -0.1) is 0 Å². The fourth-order valence-electron chi connectivity index (χ4n) is 3.80. The third-order valence-corrected chi connectivity index (χ3v) is 4.80. The minimum absolute atomic E-state index is 0.00455. The molecule has 0 spiro atoms. The molecule has 1 fully saturated rings. The first-order valence-electron chi connectivity index (χ1n) is 7.75. The Labute approximate surface area is 136 Å². The van der Waals surface area contributed by atoms with Crippen LogP contribution in [0, 0.1) is 16.0 Å². The van der Waals surface area contributed by atoms with Crippen molar-refractivity contribution in [2.45, 2.75) is 18.9 Å². The zero-order valence-electron chi connectivity index (χ0n) is 12.8. The minimum Gasteiger partial charge on any atom is -0.459 e. The summed E-state index contributed by atoms with van der Waals surface area (Å²) in [6.07, 6.45) is 2.34. The van der Waals surface area contributed by atoms with Crippen LogP contribution in [0.1, 0.15) is 28.6 Å². The Bertz CT molecular complexity index is 870. The Morgan fingerprint density at radius 2 is 2.08 bits per heavy atom. The maximum Gasteiger partial charge on any atom is 0.334 e. The van der Waals surface area contributed by atoms with Crippen LogP contribution in [0.4, 0.5) is 5.69 Å². The van der Waals surface area contributed by atoms with Crippen LogP contribution < -0.4 is 5.56 Å². The highest BCUT2D eigenvalue weighted by Gasteiger charge is 2.38. The lowest BCUT2D eigenvalue weighted by molar-refractivity contribution is -0.386. The van der Waals surface area contributed by atoms with Gasteiger partial charge >= 0.3 is 11.2 Å². The van der Waals surface area contributed by atoms with E-state index >= 15 is 0 Å². The second kappa shape index (κ2) is 5.33. The van der Waals surface area contributed by atoms with E-state index < -0.39 is 16.2 Å². The summed E-state index contributed by atoms with van der Waals surface area (Å²) in [7, 11) is 0. The van der Waals surface area contributed by atoms with Gasteiger partial charge in [0, 0.05) is 37.3 Å². The highest BCUT2D eigenvalue weighted by molar-refractivity contribution is 5.91. The van der Waals surface area contributed by atoms with Gasteiger partial charge in [0.1, 0.15) is 0 Å². The molecule has 0 radical (unpaired) electrons. The van der Waals surface area contributed by atoms with Crippen LogP contribution in [-0.2, 0) is 6.54 Å². The number of nitro groups is 1. The average Bonchev–Trinajstić information content (AvgIpc) is 3.09. The van der Waals surface area contributed by atoms with Crippen LogP contribution in [-0.4, -0.2) is 33.4 Å². The van der Waals surface area contributed by atoms with Crippen molar-refractivity contribution in [3.05, 3.63) is 62.5 Å². The molecule has 0 aliphatic carbocycles. The number of hydrogen-bond acceptors (Lipinski definition) is 5. The van der Waals surface area contributed by atoms with Crippen molar-refractivity contribution >= 4 is 11.6 Å². The van der Waals surface area contributed by atoms with Gasteiger partial charge in [0.05, 0.1) is 11.2 Å². The van der Waals surface area contributed by atoms with Gasteiger partial charge in [0.25, 0.3) is 5.91 Å². The van der Waals surface area contributed by atoms with Gasteiger partial charge in [0.15, 0.2) is 5.76 Å². The molecular weight excluding hydrogens is 314 g/mol. The average molecular weight is 329 g/mol. The molecule has 2 bridgehead atoms. The van der Waals surface area contributed by atoms with Gasteiger partial charge in [0.2, 0.25) is 0 Å². The third kappa shape index (κ3) is 2.22. The molecule has 2 atom stereocenters. The monoisotopic (exact) mass is 329 g/mol. The molecule has 4 heterocycles. The van der Waals surface area contributed by atoms with Crippen LogP contribution in [0.2, 0.25) is 0 Å². The number of fused-ring (bicyclic) bond motifs is 4. The molecule has 4 rings (SSSR count). The second-order valence-corrected chi connectivity index (χ2v) is 6.30. The highest BCUT2D eigenvalue weighted by atomic mass is 16.6. The Kier molecular flexibility index (Phi) is 3.26. The van der Waals surface area contributed by atoms with E-state index in [1.807, 2.05) is 0 Å². The Balaban J connectivity index is 1.67. The summed E-state index contributed by atoms with van der Waals surface area (Å²) in [6, 6.07) is 6.21. The fourth-order valence-corrected chi connectivity index (χ4v) is 3.80. The van der Waals surface area contributed by atoms with Gasteiger partial charge in [-0.2, -0.15) is 0 Å². The van der Waals surface area contributed by atoms with Gasteiger partial charge in [-0.3, -0.25) is 19.7 Å². The Hall–Kier alpha value is -2.90. The maximum absolute atomic E-state index is 12.5. The Morgan fingerprint density at radius 3 is 2.79 bits per heavy atom. The standard InChI is InChI=1S/C16H15N3O5/c20-15-13(19(22)23)4-3-12-11-6-10(8-18(12)15)7-17(9-11)16(21)14-2-1-5-24-14/h1-5,10-11H,6-9H2/t10-,11+/m1/s1. The van der Waals surface area contributed by atoms with Gasteiger partial charge in [-0.1, -0.05) is 0 Å². The lowest BCUT2D eigenvalue weighted by Crippen LogP contribution is -2.49. The quantitative estimate of drug-likeness (QED) is 0.616. The van der Waals surface area contributed by atoms with Gasteiger partial charge < -0.3 is 13.9 Å². The first-order valence-corrected chi connectivity index (χ1v) is 7.75. The molecule has 8 nitrogen and oxygen atoms in total. The molecule has 1 amide bonds. The number of amides is 1. The molecule has 1 saturated heterocycles. The summed E-state index contributed by atoms with van der Waals surface area (Å²) in [5.74, 6) is 0.253. The number of rotatable bonds is 2.